The Hall–Kier alpha value is -1.01. The summed E-state index contributed by atoms with van der Waals surface area (Å²) in [6, 6.07) is 1.00. The van der Waals surface area contributed by atoms with Gasteiger partial charge < -0.3 is 10.1 Å². The maximum absolute atomic E-state index is 12.5. The van der Waals surface area contributed by atoms with Crippen molar-refractivity contribution in [2.24, 2.45) is 17.8 Å². The quantitative estimate of drug-likeness (QED) is 0.929. The molecule has 0 spiro atoms. The van der Waals surface area contributed by atoms with Crippen molar-refractivity contribution < 1.29 is 17.9 Å². The van der Waals surface area contributed by atoms with Gasteiger partial charge in [0.2, 0.25) is 0 Å². The number of ether oxygens (including phenoxy) is 1. The average Bonchev–Trinajstić information content (AvgIpc) is 2.77. The minimum atomic E-state index is -4.37. The highest BCUT2D eigenvalue weighted by atomic mass is 35.5. The molecule has 2 fully saturated rings. The molecule has 1 aromatic rings. The number of nitrogens with one attached hydrogen (secondary N) is 1. The van der Waals surface area contributed by atoms with Crippen LogP contribution in [0.4, 0.5) is 13.2 Å². The molecule has 1 saturated heterocycles. The van der Waals surface area contributed by atoms with E-state index in [4.69, 9.17) is 4.74 Å². The molecule has 3 rings (SSSR count). The second kappa shape index (κ2) is 5.17. The van der Waals surface area contributed by atoms with Crippen molar-refractivity contribution >= 4 is 12.4 Å². The van der Waals surface area contributed by atoms with E-state index in [2.05, 4.69) is 10.3 Å². The second-order valence-electron chi connectivity index (χ2n) is 4.87. The highest BCUT2D eigenvalue weighted by molar-refractivity contribution is 5.85. The van der Waals surface area contributed by atoms with Crippen molar-refractivity contribution in [3.8, 4) is 5.75 Å². The van der Waals surface area contributed by atoms with Crippen LogP contribution in [0.15, 0.2) is 18.5 Å². The summed E-state index contributed by atoms with van der Waals surface area (Å²) < 4.78 is 42.8. The molecule has 0 aromatic carbocycles. The van der Waals surface area contributed by atoms with Crippen LogP contribution >= 0.6 is 12.4 Å². The van der Waals surface area contributed by atoms with Gasteiger partial charge in [-0.2, -0.15) is 13.2 Å². The molecule has 1 aliphatic carbocycles. The fraction of sp³-hybridized carbons (Fsp3) is 0.583. The molecule has 3 atom stereocenters. The Balaban J connectivity index is 0.00000133. The first kappa shape index (κ1) is 14.4. The van der Waals surface area contributed by atoms with Gasteiger partial charge in [0, 0.05) is 12.1 Å². The van der Waals surface area contributed by atoms with Crippen LogP contribution in [0.2, 0.25) is 0 Å². The van der Waals surface area contributed by atoms with E-state index >= 15 is 0 Å². The van der Waals surface area contributed by atoms with Gasteiger partial charge in [0.25, 0.3) is 0 Å². The Labute approximate surface area is 115 Å². The van der Waals surface area contributed by atoms with Gasteiger partial charge in [0.15, 0.2) is 0 Å². The zero-order chi connectivity index (χ0) is 12.8. The lowest BCUT2D eigenvalue weighted by Gasteiger charge is -2.10. The number of hydrogen-bond acceptors (Lipinski definition) is 3. The molecule has 0 amide bonds. The molecular formula is C12H14ClF3N2O. The topological polar surface area (TPSA) is 34.1 Å². The van der Waals surface area contributed by atoms with Crippen LogP contribution in [-0.4, -0.2) is 24.7 Å². The third kappa shape index (κ3) is 2.95. The van der Waals surface area contributed by atoms with Crippen LogP contribution in [0.3, 0.4) is 0 Å². The summed E-state index contributed by atoms with van der Waals surface area (Å²) >= 11 is 0. The first-order valence-electron chi connectivity index (χ1n) is 5.91. The van der Waals surface area contributed by atoms with Crippen molar-refractivity contribution in [3.63, 3.8) is 0 Å². The van der Waals surface area contributed by atoms with E-state index < -0.39 is 11.7 Å². The summed E-state index contributed by atoms with van der Waals surface area (Å²) in [4.78, 5) is 3.56. The SMILES string of the molecule is Cl.FC(F)(F)c1cncc(OC[C@H]2[C@@H]3CNC[C@@H]32)c1. The summed E-state index contributed by atoms with van der Waals surface area (Å²) in [5.41, 5.74) is -0.766. The third-order valence-corrected chi connectivity index (χ3v) is 3.75. The highest BCUT2D eigenvalue weighted by Crippen LogP contribution is 2.48. The number of fused-ring (bicyclic) bond motifs is 1. The zero-order valence-electron chi connectivity index (χ0n) is 9.98. The van der Waals surface area contributed by atoms with Gasteiger partial charge in [0.05, 0.1) is 18.4 Å². The van der Waals surface area contributed by atoms with Crippen LogP contribution in [0.5, 0.6) is 5.75 Å². The smallest absolute Gasteiger partial charge is 0.418 e. The Morgan fingerprint density at radius 3 is 2.58 bits per heavy atom. The molecule has 1 aliphatic heterocycles. The van der Waals surface area contributed by atoms with Gasteiger partial charge in [-0.05, 0) is 31.0 Å². The molecule has 2 heterocycles. The van der Waals surface area contributed by atoms with Crippen LogP contribution in [0.25, 0.3) is 0 Å². The molecule has 1 aromatic heterocycles. The first-order valence-corrected chi connectivity index (χ1v) is 5.91. The fourth-order valence-electron chi connectivity index (χ4n) is 2.64. The van der Waals surface area contributed by atoms with Crippen molar-refractivity contribution in [1.82, 2.24) is 10.3 Å². The number of pyridine rings is 1. The van der Waals surface area contributed by atoms with Crippen molar-refractivity contribution in [2.45, 2.75) is 6.18 Å². The number of nitrogens with zero attached hydrogens (tertiary/aromatic N) is 1. The lowest BCUT2D eigenvalue weighted by molar-refractivity contribution is -0.137. The van der Waals surface area contributed by atoms with E-state index in [1.54, 1.807) is 0 Å². The number of hydrogen-bond donors (Lipinski definition) is 1. The van der Waals surface area contributed by atoms with Crippen LogP contribution < -0.4 is 10.1 Å². The molecule has 7 heteroatoms. The Morgan fingerprint density at radius 1 is 1.26 bits per heavy atom. The number of aromatic nitrogens is 1. The van der Waals surface area contributed by atoms with Gasteiger partial charge >= 0.3 is 6.18 Å². The molecule has 19 heavy (non-hydrogen) atoms. The first-order chi connectivity index (χ1) is 8.55. The Bertz CT molecular complexity index is 445. The Kier molecular flexibility index (Phi) is 3.92. The maximum Gasteiger partial charge on any atom is 0.418 e. The van der Waals surface area contributed by atoms with Crippen molar-refractivity contribution in [2.75, 3.05) is 19.7 Å². The molecule has 3 nitrogen and oxygen atoms in total. The summed E-state index contributed by atoms with van der Waals surface area (Å²) in [7, 11) is 0. The highest BCUT2D eigenvalue weighted by Gasteiger charge is 2.53. The molecule has 1 N–H and O–H groups in total. The van der Waals surface area contributed by atoms with Crippen LogP contribution in [0.1, 0.15) is 5.56 Å². The normalized spacial score (nSPS) is 28.5. The standard InChI is InChI=1S/C12H13F3N2O.ClH/c13-12(14,15)7-1-8(3-16-2-7)18-6-11-9-4-17-5-10(9)11;/h1-3,9-11,17H,4-6H2;1H/t9-,10+,11+;. The van der Waals surface area contributed by atoms with E-state index in [1.165, 1.54) is 6.20 Å². The van der Waals surface area contributed by atoms with E-state index in [9.17, 15) is 13.2 Å². The Morgan fingerprint density at radius 2 is 1.95 bits per heavy atom. The third-order valence-electron chi connectivity index (χ3n) is 3.75. The minimum Gasteiger partial charge on any atom is -0.492 e. The minimum absolute atomic E-state index is 0. The zero-order valence-corrected chi connectivity index (χ0v) is 10.8. The number of alkyl halides is 3. The maximum atomic E-state index is 12.5. The van der Waals surface area contributed by atoms with Gasteiger partial charge in [-0.3, -0.25) is 4.98 Å². The van der Waals surface area contributed by atoms with Gasteiger partial charge in [-0.25, -0.2) is 0 Å². The number of piperidine rings is 1. The number of halogens is 4. The van der Waals surface area contributed by atoms with Crippen molar-refractivity contribution in [1.29, 1.82) is 0 Å². The molecule has 0 radical (unpaired) electrons. The predicted molar refractivity (Wildman–Crippen MR) is 65.3 cm³/mol. The summed E-state index contributed by atoms with van der Waals surface area (Å²) in [6.45, 7) is 2.49. The van der Waals surface area contributed by atoms with Crippen molar-refractivity contribution in [3.05, 3.63) is 24.0 Å². The van der Waals surface area contributed by atoms with E-state index in [0.29, 0.717) is 24.4 Å². The molecule has 2 aliphatic rings. The monoisotopic (exact) mass is 294 g/mol. The van der Waals surface area contributed by atoms with Gasteiger partial charge in [0.1, 0.15) is 5.75 Å². The van der Waals surface area contributed by atoms with Crippen LogP contribution in [-0.2, 0) is 6.18 Å². The average molecular weight is 295 g/mol. The lowest BCUT2D eigenvalue weighted by Crippen LogP contribution is -2.17. The summed E-state index contributed by atoms with van der Waals surface area (Å²) in [5.74, 6) is 1.97. The fourth-order valence-corrected chi connectivity index (χ4v) is 2.64. The molecule has 0 unspecified atom stereocenters. The van der Waals surface area contributed by atoms with Crippen LogP contribution in [0, 0.1) is 17.8 Å². The molecule has 0 bridgehead atoms. The van der Waals surface area contributed by atoms with E-state index in [0.717, 1.165) is 25.4 Å². The lowest BCUT2D eigenvalue weighted by atomic mass is 10.2. The predicted octanol–water partition coefficient (Wildman–Crippen LogP) is 2.37. The molecule has 1 saturated carbocycles. The summed E-state index contributed by atoms with van der Waals surface area (Å²) in [6.07, 6.45) is -2.24. The largest absolute Gasteiger partial charge is 0.492 e. The summed E-state index contributed by atoms with van der Waals surface area (Å²) in [5, 5.41) is 3.26. The van der Waals surface area contributed by atoms with Gasteiger partial charge in [-0.1, -0.05) is 0 Å². The van der Waals surface area contributed by atoms with Gasteiger partial charge in [-0.15, -0.1) is 12.4 Å². The molecule has 106 valence electrons. The number of rotatable bonds is 3. The van der Waals surface area contributed by atoms with E-state index in [-0.39, 0.29) is 18.2 Å². The molecular weight excluding hydrogens is 281 g/mol. The van der Waals surface area contributed by atoms with E-state index in [1.807, 2.05) is 0 Å². The second-order valence-corrected chi connectivity index (χ2v) is 4.87.